The molecule has 0 unspecified atom stereocenters. The standard InChI is InChI=1S/C23H24ClNO3S/c24-16-5-6-21-19(11-16)23(18-3-1-2-4-20(18)29-21)15-7-9-25(10-8-15)12-22-27-13-17(26)14-28-22/h1-6,11,17,22,26H,7-10,12-14H2. The molecule has 2 saturated heterocycles. The molecule has 2 aromatic carbocycles. The Labute approximate surface area is 180 Å². The van der Waals surface area contributed by atoms with E-state index in [2.05, 4.69) is 41.3 Å². The van der Waals surface area contributed by atoms with Crippen LogP contribution in [0.5, 0.6) is 0 Å². The highest BCUT2D eigenvalue weighted by atomic mass is 35.5. The number of hydrogen-bond donors (Lipinski definition) is 1. The first-order valence-electron chi connectivity index (χ1n) is 10.1. The van der Waals surface area contributed by atoms with Crippen molar-refractivity contribution in [3.05, 3.63) is 64.2 Å². The van der Waals surface area contributed by atoms with E-state index in [0.29, 0.717) is 13.2 Å². The quantitative estimate of drug-likeness (QED) is 0.652. The summed E-state index contributed by atoms with van der Waals surface area (Å²) >= 11 is 8.19. The van der Waals surface area contributed by atoms with Gasteiger partial charge in [0, 0.05) is 34.4 Å². The summed E-state index contributed by atoms with van der Waals surface area (Å²) in [5.41, 5.74) is 5.45. The molecule has 6 heteroatoms. The van der Waals surface area contributed by atoms with Crippen LogP contribution in [0, 0.1) is 0 Å². The molecule has 0 radical (unpaired) electrons. The third-order valence-electron chi connectivity index (χ3n) is 5.76. The topological polar surface area (TPSA) is 41.9 Å². The summed E-state index contributed by atoms with van der Waals surface area (Å²) in [5, 5.41) is 10.3. The molecule has 3 aliphatic rings. The number of rotatable bonds is 2. The van der Waals surface area contributed by atoms with Crippen molar-refractivity contribution in [2.75, 3.05) is 32.8 Å². The Balaban J connectivity index is 1.39. The van der Waals surface area contributed by atoms with Crippen molar-refractivity contribution in [2.45, 2.75) is 35.0 Å². The molecule has 2 aromatic rings. The average molecular weight is 430 g/mol. The van der Waals surface area contributed by atoms with Crippen molar-refractivity contribution in [3.63, 3.8) is 0 Å². The second-order valence-corrected chi connectivity index (χ2v) is 9.29. The summed E-state index contributed by atoms with van der Waals surface area (Å²) in [6.07, 6.45) is 1.31. The monoisotopic (exact) mass is 429 g/mol. The van der Waals surface area contributed by atoms with Crippen LogP contribution in [0.2, 0.25) is 5.02 Å². The van der Waals surface area contributed by atoms with Crippen molar-refractivity contribution in [1.29, 1.82) is 0 Å². The Kier molecular flexibility index (Phi) is 5.69. The average Bonchev–Trinajstić information content (AvgIpc) is 2.74. The van der Waals surface area contributed by atoms with Gasteiger partial charge in [0.25, 0.3) is 0 Å². The molecule has 0 atom stereocenters. The fourth-order valence-electron chi connectivity index (χ4n) is 4.30. The predicted octanol–water partition coefficient (Wildman–Crippen LogP) is 4.44. The van der Waals surface area contributed by atoms with Crippen LogP contribution < -0.4 is 0 Å². The summed E-state index contributed by atoms with van der Waals surface area (Å²) in [6, 6.07) is 14.9. The first-order valence-corrected chi connectivity index (χ1v) is 11.3. The molecule has 0 amide bonds. The predicted molar refractivity (Wildman–Crippen MR) is 115 cm³/mol. The molecule has 0 aliphatic carbocycles. The maximum Gasteiger partial charge on any atom is 0.170 e. The summed E-state index contributed by atoms with van der Waals surface area (Å²) < 4.78 is 11.2. The van der Waals surface area contributed by atoms with Crippen LogP contribution in [0.4, 0.5) is 0 Å². The molecule has 2 fully saturated rings. The molecule has 0 aromatic heterocycles. The van der Waals surface area contributed by atoms with Crippen LogP contribution in [0.15, 0.2) is 57.8 Å². The highest BCUT2D eigenvalue weighted by Gasteiger charge is 2.28. The van der Waals surface area contributed by atoms with Crippen LogP contribution in [0.25, 0.3) is 5.57 Å². The third-order valence-corrected chi connectivity index (χ3v) is 7.14. The van der Waals surface area contributed by atoms with Gasteiger partial charge in [0.05, 0.1) is 13.2 Å². The SMILES string of the molecule is OC1COC(CN2CCC(=C3c4ccccc4Sc4ccc(Cl)cc43)CC2)OC1. The summed E-state index contributed by atoms with van der Waals surface area (Å²) in [7, 11) is 0. The van der Waals surface area contributed by atoms with Crippen molar-refractivity contribution in [1.82, 2.24) is 4.90 Å². The van der Waals surface area contributed by atoms with E-state index in [-0.39, 0.29) is 6.29 Å². The van der Waals surface area contributed by atoms with E-state index < -0.39 is 6.10 Å². The van der Waals surface area contributed by atoms with Crippen molar-refractivity contribution in [3.8, 4) is 0 Å². The first-order chi connectivity index (χ1) is 14.2. The minimum atomic E-state index is -0.500. The van der Waals surface area contributed by atoms with Crippen molar-refractivity contribution < 1.29 is 14.6 Å². The van der Waals surface area contributed by atoms with Gasteiger partial charge in [0.2, 0.25) is 0 Å². The van der Waals surface area contributed by atoms with Gasteiger partial charge in [0.1, 0.15) is 6.10 Å². The van der Waals surface area contributed by atoms with E-state index in [1.165, 1.54) is 32.1 Å². The van der Waals surface area contributed by atoms with E-state index in [1.54, 1.807) is 0 Å². The number of nitrogens with zero attached hydrogens (tertiary/aromatic N) is 1. The van der Waals surface area contributed by atoms with E-state index in [9.17, 15) is 5.11 Å². The molecular formula is C23H24ClNO3S. The second kappa shape index (κ2) is 8.42. The minimum Gasteiger partial charge on any atom is -0.388 e. The fourth-order valence-corrected chi connectivity index (χ4v) is 5.54. The zero-order chi connectivity index (χ0) is 19.8. The maximum absolute atomic E-state index is 9.51. The van der Waals surface area contributed by atoms with Gasteiger partial charge in [-0.25, -0.2) is 0 Å². The lowest BCUT2D eigenvalue weighted by Gasteiger charge is -2.35. The van der Waals surface area contributed by atoms with Gasteiger partial charge in [-0.2, -0.15) is 0 Å². The Hall–Kier alpha value is -1.34. The Morgan fingerprint density at radius 3 is 2.52 bits per heavy atom. The molecule has 3 heterocycles. The highest BCUT2D eigenvalue weighted by Crippen LogP contribution is 2.48. The number of ether oxygens (including phenoxy) is 2. The lowest BCUT2D eigenvalue weighted by atomic mass is 9.88. The Morgan fingerprint density at radius 1 is 1.00 bits per heavy atom. The molecule has 29 heavy (non-hydrogen) atoms. The molecule has 1 N–H and O–H groups in total. The van der Waals surface area contributed by atoms with Crippen molar-refractivity contribution in [2.24, 2.45) is 0 Å². The zero-order valence-corrected chi connectivity index (χ0v) is 17.7. The number of benzene rings is 2. The van der Waals surface area contributed by atoms with Crippen LogP contribution in [0.1, 0.15) is 24.0 Å². The maximum atomic E-state index is 9.51. The van der Waals surface area contributed by atoms with Crippen LogP contribution in [0.3, 0.4) is 0 Å². The third kappa shape index (κ3) is 4.13. The number of likely N-dealkylation sites (tertiary alicyclic amines) is 1. The molecule has 4 nitrogen and oxygen atoms in total. The van der Waals surface area contributed by atoms with E-state index >= 15 is 0 Å². The number of fused-ring (bicyclic) bond motifs is 2. The molecule has 0 bridgehead atoms. The van der Waals surface area contributed by atoms with Crippen LogP contribution in [-0.2, 0) is 9.47 Å². The Morgan fingerprint density at radius 2 is 1.72 bits per heavy atom. The van der Waals surface area contributed by atoms with Gasteiger partial charge in [-0.05, 0) is 53.8 Å². The number of aliphatic hydroxyl groups excluding tert-OH is 1. The fraction of sp³-hybridized carbons (Fsp3) is 0.391. The number of halogens is 1. The summed E-state index contributed by atoms with van der Waals surface area (Å²) in [6.45, 7) is 3.44. The van der Waals surface area contributed by atoms with Gasteiger partial charge < -0.3 is 14.6 Å². The zero-order valence-electron chi connectivity index (χ0n) is 16.1. The second-order valence-electron chi connectivity index (χ2n) is 7.77. The number of aliphatic hydroxyl groups is 1. The number of piperidine rings is 1. The van der Waals surface area contributed by atoms with Gasteiger partial charge in [0.15, 0.2) is 6.29 Å². The van der Waals surface area contributed by atoms with E-state index in [0.717, 1.165) is 37.5 Å². The largest absolute Gasteiger partial charge is 0.388 e. The van der Waals surface area contributed by atoms with Crippen LogP contribution >= 0.6 is 23.4 Å². The van der Waals surface area contributed by atoms with E-state index in [4.69, 9.17) is 21.1 Å². The first kappa shape index (κ1) is 19.6. The molecule has 152 valence electrons. The molecular weight excluding hydrogens is 406 g/mol. The normalized spacial score (nSPS) is 24.9. The molecule has 0 saturated carbocycles. The van der Waals surface area contributed by atoms with Crippen LogP contribution in [-0.4, -0.2) is 55.2 Å². The molecule has 5 rings (SSSR count). The van der Waals surface area contributed by atoms with Gasteiger partial charge in [-0.1, -0.05) is 47.1 Å². The lowest BCUT2D eigenvalue weighted by Crippen LogP contribution is -2.44. The van der Waals surface area contributed by atoms with Crippen molar-refractivity contribution >= 4 is 28.9 Å². The number of hydrogen-bond acceptors (Lipinski definition) is 5. The summed E-state index contributed by atoms with van der Waals surface area (Å²) in [4.78, 5) is 4.99. The highest BCUT2D eigenvalue weighted by molar-refractivity contribution is 7.99. The van der Waals surface area contributed by atoms with Gasteiger partial charge in [-0.3, -0.25) is 4.90 Å². The smallest absolute Gasteiger partial charge is 0.170 e. The summed E-state index contributed by atoms with van der Waals surface area (Å²) in [5.74, 6) is 0. The lowest BCUT2D eigenvalue weighted by molar-refractivity contribution is -0.222. The van der Waals surface area contributed by atoms with Gasteiger partial charge >= 0.3 is 0 Å². The molecule has 0 spiro atoms. The minimum absolute atomic E-state index is 0.237. The van der Waals surface area contributed by atoms with E-state index in [1.807, 2.05) is 17.8 Å². The molecule has 3 aliphatic heterocycles. The Bertz CT molecular complexity index is 929. The van der Waals surface area contributed by atoms with Gasteiger partial charge in [-0.15, -0.1) is 0 Å².